The third-order valence-electron chi connectivity index (χ3n) is 4.61. The topological polar surface area (TPSA) is 37.4 Å². The molecule has 1 aromatic carbocycles. The summed E-state index contributed by atoms with van der Waals surface area (Å²) in [7, 11) is 1.67. The van der Waals surface area contributed by atoms with Gasteiger partial charge in [-0.15, -0.1) is 0 Å². The van der Waals surface area contributed by atoms with E-state index in [1.165, 1.54) is 23.1 Å². The number of nitrogens with one attached hydrogen (secondary N) is 1. The molecule has 2 unspecified atom stereocenters. The van der Waals surface area contributed by atoms with Crippen molar-refractivity contribution in [2.45, 2.75) is 37.6 Å². The number of fused-ring (bicyclic) bond motifs is 1. The molecule has 0 saturated carbocycles. The predicted molar refractivity (Wildman–Crippen MR) is 104 cm³/mol. The highest BCUT2D eigenvalue weighted by Crippen LogP contribution is 2.39. The van der Waals surface area contributed by atoms with Crippen molar-refractivity contribution in [3.05, 3.63) is 30.5 Å². The second kappa shape index (κ2) is 8.10. The highest BCUT2D eigenvalue weighted by atomic mass is 32.2. The molecular formula is C19H27N3OS. The summed E-state index contributed by atoms with van der Waals surface area (Å²) in [5.41, 5.74) is 0. The lowest BCUT2D eigenvalue weighted by molar-refractivity contribution is 0.359. The molecule has 2 heterocycles. The van der Waals surface area contributed by atoms with Crippen LogP contribution in [0.15, 0.2) is 35.4 Å². The van der Waals surface area contributed by atoms with E-state index in [9.17, 15) is 0 Å². The molecule has 0 aliphatic carbocycles. The molecule has 0 bridgehead atoms. The van der Waals surface area contributed by atoms with Crippen LogP contribution in [0.5, 0.6) is 5.88 Å². The van der Waals surface area contributed by atoms with Gasteiger partial charge in [-0.1, -0.05) is 23.7 Å². The van der Waals surface area contributed by atoms with E-state index in [0.29, 0.717) is 11.9 Å². The Labute approximate surface area is 147 Å². The number of ether oxygens (including phenoxy) is 1. The van der Waals surface area contributed by atoms with Gasteiger partial charge in [-0.3, -0.25) is 0 Å². The molecule has 1 N–H and O–H groups in total. The average molecular weight is 346 g/mol. The van der Waals surface area contributed by atoms with Gasteiger partial charge in [-0.05, 0) is 49.9 Å². The van der Waals surface area contributed by atoms with Gasteiger partial charge in [0.05, 0.1) is 7.11 Å². The van der Waals surface area contributed by atoms with Crippen LogP contribution in [0.1, 0.15) is 26.7 Å². The summed E-state index contributed by atoms with van der Waals surface area (Å²) in [6.45, 7) is 7.80. The van der Waals surface area contributed by atoms with Crippen molar-refractivity contribution in [1.82, 2.24) is 14.6 Å². The standard InChI is InChI=1S/C19H27N3OS/c1-4-15-14-20-11-7-13-22(15)24(5-2)18-9-6-8-17-16(18)10-12-21-19(17)23-3/h5-6,8-10,12,15,20H,4,7,11,13-14H2,1-3H3. The van der Waals surface area contributed by atoms with E-state index in [4.69, 9.17) is 4.74 Å². The molecule has 130 valence electrons. The third kappa shape index (κ3) is 3.34. The zero-order valence-electron chi connectivity index (χ0n) is 14.8. The monoisotopic (exact) mass is 345 g/mol. The molecule has 0 spiro atoms. The van der Waals surface area contributed by atoms with Crippen LogP contribution >= 0.6 is 10.7 Å². The van der Waals surface area contributed by atoms with Crippen LogP contribution in [0.25, 0.3) is 10.8 Å². The maximum absolute atomic E-state index is 5.46. The van der Waals surface area contributed by atoms with Crippen LogP contribution in [0.4, 0.5) is 0 Å². The first-order valence-corrected chi connectivity index (χ1v) is 9.96. The molecular weight excluding hydrogens is 318 g/mol. The summed E-state index contributed by atoms with van der Waals surface area (Å²) in [6, 6.07) is 9.18. The van der Waals surface area contributed by atoms with Crippen molar-refractivity contribution in [3.63, 3.8) is 0 Å². The lowest BCUT2D eigenvalue weighted by atomic mass is 10.2. The van der Waals surface area contributed by atoms with Crippen LogP contribution in [-0.2, 0) is 0 Å². The van der Waals surface area contributed by atoms with Crippen LogP contribution < -0.4 is 10.1 Å². The Morgan fingerprint density at radius 3 is 3.00 bits per heavy atom. The second-order valence-electron chi connectivity index (χ2n) is 5.98. The Morgan fingerprint density at radius 2 is 2.25 bits per heavy atom. The van der Waals surface area contributed by atoms with Gasteiger partial charge in [0.1, 0.15) is 0 Å². The molecule has 3 rings (SSSR count). The number of aromatic nitrogens is 1. The maximum Gasteiger partial charge on any atom is 0.221 e. The minimum absolute atomic E-state index is 0.0222. The lowest BCUT2D eigenvalue weighted by Gasteiger charge is -2.32. The normalized spacial score (nSPS) is 20.9. The molecule has 1 saturated heterocycles. The van der Waals surface area contributed by atoms with Crippen LogP contribution in [0.3, 0.4) is 0 Å². The Morgan fingerprint density at radius 1 is 1.38 bits per heavy atom. The minimum Gasteiger partial charge on any atom is -0.481 e. The molecule has 2 atom stereocenters. The van der Waals surface area contributed by atoms with Crippen molar-refractivity contribution >= 4 is 26.8 Å². The predicted octanol–water partition coefficient (Wildman–Crippen LogP) is 3.68. The smallest absolute Gasteiger partial charge is 0.221 e. The number of nitrogens with zero attached hydrogens (tertiary/aromatic N) is 2. The largest absolute Gasteiger partial charge is 0.481 e. The summed E-state index contributed by atoms with van der Waals surface area (Å²) in [6.07, 6.45) is 4.21. The Kier molecular flexibility index (Phi) is 5.87. The summed E-state index contributed by atoms with van der Waals surface area (Å²) in [5.74, 6) is 0.707. The first kappa shape index (κ1) is 17.4. The second-order valence-corrected chi connectivity index (χ2v) is 7.99. The van der Waals surface area contributed by atoms with E-state index in [1.54, 1.807) is 7.11 Å². The van der Waals surface area contributed by atoms with Gasteiger partial charge in [-0.25, -0.2) is 9.29 Å². The van der Waals surface area contributed by atoms with Gasteiger partial charge in [0.25, 0.3) is 0 Å². The van der Waals surface area contributed by atoms with E-state index in [1.807, 2.05) is 6.20 Å². The summed E-state index contributed by atoms with van der Waals surface area (Å²) < 4.78 is 8.14. The van der Waals surface area contributed by atoms with Crippen molar-refractivity contribution < 1.29 is 4.74 Å². The number of methoxy groups -OCH3 is 1. The number of rotatable bonds is 4. The zero-order valence-corrected chi connectivity index (χ0v) is 15.6. The van der Waals surface area contributed by atoms with Crippen LogP contribution in [0, 0.1) is 0 Å². The van der Waals surface area contributed by atoms with Crippen LogP contribution in [0.2, 0.25) is 0 Å². The third-order valence-corrected chi connectivity index (χ3v) is 6.85. The van der Waals surface area contributed by atoms with E-state index in [-0.39, 0.29) is 10.7 Å². The molecule has 5 heteroatoms. The van der Waals surface area contributed by atoms with E-state index in [0.717, 1.165) is 25.0 Å². The van der Waals surface area contributed by atoms with Crippen molar-refractivity contribution in [1.29, 1.82) is 0 Å². The van der Waals surface area contributed by atoms with Gasteiger partial charge in [0.15, 0.2) is 0 Å². The molecule has 0 amide bonds. The average Bonchev–Trinajstić information content (AvgIpc) is 2.87. The first-order valence-electron chi connectivity index (χ1n) is 8.72. The number of benzene rings is 1. The van der Waals surface area contributed by atoms with Crippen LogP contribution in [-0.4, -0.2) is 47.4 Å². The molecule has 2 aromatic rings. The van der Waals surface area contributed by atoms with Crippen molar-refractivity contribution in [2.24, 2.45) is 0 Å². The molecule has 4 nitrogen and oxygen atoms in total. The molecule has 1 aliphatic heterocycles. The number of pyridine rings is 1. The molecule has 0 radical (unpaired) electrons. The fraction of sp³-hybridized carbons (Fsp3) is 0.474. The summed E-state index contributed by atoms with van der Waals surface area (Å²) in [5, 5.41) is 8.28. The minimum atomic E-state index is -0.0222. The molecule has 1 fully saturated rings. The first-order chi connectivity index (χ1) is 11.8. The van der Waals surface area contributed by atoms with Crippen molar-refractivity contribution in [3.8, 4) is 5.88 Å². The quantitative estimate of drug-likeness (QED) is 0.858. The Balaban J connectivity index is 2.10. The fourth-order valence-corrected chi connectivity index (χ4v) is 5.67. The molecule has 24 heavy (non-hydrogen) atoms. The van der Waals surface area contributed by atoms with Gasteiger partial charge in [0, 0.05) is 41.0 Å². The van der Waals surface area contributed by atoms with Gasteiger partial charge < -0.3 is 10.1 Å². The maximum atomic E-state index is 5.46. The summed E-state index contributed by atoms with van der Waals surface area (Å²) >= 11 is 0. The fourth-order valence-electron chi connectivity index (χ4n) is 3.41. The van der Waals surface area contributed by atoms with E-state index < -0.39 is 0 Å². The number of hydrogen-bond acceptors (Lipinski definition) is 4. The highest BCUT2D eigenvalue weighted by molar-refractivity contribution is 8.13. The van der Waals surface area contributed by atoms with E-state index in [2.05, 4.69) is 58.1 Å². The molecule has 1 aliphatic rings. The zero-order chi connectivity index (χ0) is 16.9. The van der Waals surface area contributed by atoms with Crippen molar-refractivity contribution in [2.75, 3.05) is 26.7 Å². The van der Waals surface area contributed by atoms with Gasteiger partial charge >= 0.3 is 0 Å². The Hall–Kier alpha value is -1.43. The Bertz CT molecular complexity index is 732. The van der Waals surface area contributed by atoms with Gasteiger partial charge in [0.2, 0.25) is 5.88 Å². The number of hydrogen-bond donors (Lipinski definition) is 1. The van der Waals surface area contributed by atoms with E-state index >= 15 is 0 Å². The molecule has 1 aromatic heterocycles. The lowest BCUT2D eigenvalue weighted by Crippen LogP contribution is -2.36. The summed E-state index contributed by atoms with van der Waals surface area (Å²) in [4.78, 5) is 5.73. The van der Waals surface area contributed by atoms with Gasteiger partial charge in [-0.2, -0.15) is 0 Å². The SMILES string of the molecule is C/C=S(/c1cccc2c(OC)nccc12)N1CCCNCC1CC. The highest BCUT2D eigenvalue weighted by Gasteiger charge is 2.23.